The van der Waals surface area contributed by atoms with Gasteiger partial charge in [0.05, 0.1) is 5.69 Å². The van der Waals surface area contributed by atoms with Crippen LogP contribution in [0.1, 0.15) is 36.7 Å². The summed E-state index contributed by atoms with van der Waals surface area (Å²) in [7, 11) is 2.02. The molecular formula is C13H23N3. The van der Waals surface area contributed by atoms with E-state index in [1.165, 1.54) is 29.8 Å². The zero-order chi connectivity index (χ0) is 11.7. The van der Waals surface area contributed by atoms with Gasteiger partial charge in [0.2, 0.25) is 0 Å². The number of nitrogens with zero attached hydrogens (tertiary/aromatic N) is 2. The first-order valence-corrected chi connectivity index (χ1v) is 6.32. The molecule has 0 amide bonds. The van der Waals surface area contributed by atoms with Gasteiger partial charge in [-0.05, 0) is 58.1 Å². The van der Waals surface area contributed by atoms with E-state index in [1.54, 1.807) is 0 Å². The van der Waals surface area contributed by atoms with Gasteiger partial charge in [0.15, 0.2) is 0 Å². The predicted molar refractivity (Wildman–Crippen MR) is 66.6 cm³/mol. The average Bonchev–Trinajstić information content (AvgIpc) is 3.02. The van der Waals surface area contributed by atoms with E-state index in [0.717, 1.165) is 18.9 Å². The van der Waals surface area contributed by atoms with Crippen molar-refractivity contribution in [3.05, 3.63) is 17.0 Å². The van der Waals surface area contributed by atoms with Crippen LogP contribution in [0.3, 0.4) is 0 Å². The van der Waals surface area contributed by atoms with E-state index in [4.69, 9.17) is 0 Å². The molecule has 0 aliphatic heterocycles. The van der Waals surface area contributed by atoms with Crippen LogP contribution in [-0.2, 0) is 13.5 Å². The summed E-state index contributed by atoms with van der Waals surface area (Å²) in [5.74, 6) is 0.941. The highest BCUT2D eigenvalue weighted by Gasteiger charge is 2.27. The van der Waals surface area contributed by atoms with Gasteiger partial charge in [-0.1, -0.05) is 0 Å². The summed E-state index contributed by atoms with van der Waals surface area (Å²) in [6.07, 6.45) is 3.93. The highest BCUT2D eigenvalue weighted by atomic mass is 15.3. The van der Waals surface area contributed by atoms with Crippen molar-refractivity contribution >= 4 is 0 Å². The van der Waals surface area contributed by atoms with Crippen molar-refractivity contribution in [2.45, 2.75) is 46.1 Å². The number of aryl methyl sites for hydroxylation is 2. The van der Waals surface area contributed by atoms with Crippen LogP contribution in [0.2, 0.25) is 0 Å². The quantitative estimate of drug-likeness (QED) is 0.824. The van der Waals surface area contributed by atoms with E-state index in [0.29, 0.717) is 6.04 Å². The molecule has 1 aliphatic carbocycles. The molecule has 0 radical (unpaired) electrons. The fourth-order valence-corrected chi connectivity index (χ4v) is 2.37. The molecule has 1 fully saturated rings. The molecule has 1 unspecified atom stereocenters. The first-order valence-electron chi connectivity index (χ1n) is 6.32. The zero-order valence-corrected chi connectivity index (χ0v) is 10.9. The van der Waals surface area contributed by atoms with Crippen molar-refractivity contribution in [1.29, 1.82) is 0 Å². The summed E-state index contributed by atoms with van der Waals surface area (Å²) < 4.78 is 1.98. The van der Waals surface area contributed by atoms with Crippen LogP contribution in [0.25, 0.3) is 0 Å². The zero-order valence-electron chi connectivity index (χ0n) is 10.9. The molecular weight excluding hydrogens is 198 g/mol. The van der Waals surface area contributed by atoms with Crippen LogP contribution < -0.4 is 5.32 Å². The third kappa shape index (κ3) is 2.46. The fourth-order valence-electron chi connectivity index (χ4n) is 2.37. The number of hydrogen-bond donors (Lipinski definition) is 1. The molecule has 1 saturated carbocycles. The molecule has 3 heteroatoms. The Balaban J connectivity index is 1.84. The second-order valence-electron chi connectivity index (χ2n) is 5.10. The van der Waals surface area contributed by atoms with Gasteiger partial charge in [-0.3, -0.25) is 4.68 Å². The molecule has 16 heavy (non-hydrogen) atoms. The minimum Gasteiger partial charge on any atom is -0.314 e. The maximum absolute atomic E-state index is 4.44. The van der Waals surface area contributed by atoms with Gasteiger partial charge >= 0.3 is 0 Å². The van der Waals surface area contributed by atoms with Gasteiger partial charge in [0.1, 0.15) is 0 Å². The Morgan fingerprint density at radius 3 is 2.62 bits per heavy atom. The average molecular weight is 221 g/mol. The van der Waals surface area contributed by atoms with Crippen LogP contribution in [0, 0.1) is 19.8 Å². The van der Waals surface area contributed by atoms with Crippen LogP contribution >= 0.6 is 0 Å². The number of aromatic nitrogens is 2. The Morgan fingerprint density at radius 1 is 1.44 bits per heavy atom. The van der Waals surface area contributed by atoms with E-state index in [1.807, 2.05) is 11.7 Å². The van der Waals surface area contributed by atoms with Gasteiger partial charge in [0.25, 0.3) is 0 Å². The predicted octanol–water partition coefficient (Wildman–Crippen LogP) is 1.97. The molecule has 0 saturated heterocycles. The van der Waals surface area contributed by atoms with Gasteiger partial charge in [-0.2, -0.15) is 5.10 Å². The Hall–Kier alpha value is -0.830. The molecule has 3 nitrogen and oxygen atoms in total. The third-order valence-electron chi connectivity index (χ3n) is 3.83. The lowest BCUT2D eigenvalue weighted by Crippen LogP contribution is -2.29. The molecule has 0 aromatic carbocycles. The molecule has 1 N–H and O–H groups in total. The summed E-state index contributed by atoms with van der Waals surface area (Å²) in [5.41, 5.74) is 3.90. The van der Waals surface area contributed by atoms with E-state index in [2.05, 4.69) is 31.2 Å². The molecule has 0 spiro atoms. The summed E-state index contributed by atoms with van der Waals surface area (Å²) >= 11 is 0. The largest absolute Gasteiger partial charge is 0.314 e. The lowest BCUT2D eigenvalue weighted by atomic mass is 10.1. The smallest absolute Gasteiger partial charge is 0.0628 e. The minimum atomic E-state index is 0.692. The maximum atomic E-state index is 4.44. The van der Waals surface area contributed by atoms with Crippen molar-refractivity contribution < 1.29 is 0 Å². The molecule has 1 heterocycles. The topological polar surface area (TPSA) is 29.9 Å². The van der Waals surface area contributed by atoms with E-state index < -0.39 is 0 Å². The highest BCUT2D eigenvalue weighted by Crippen LogP contribution is 2.32. The Labute approximate surface area is 98.2 Å². The minimum absolute atomic E-state index is 0.692. The van der Waals surface area contributed by atoms with Crippen molar-refractivity contribution in [2.75, 3.05) is 6.54 Å². The van der Waals surface area contributed by atoms with Crippen molar-refractivity contribution in [3.63, 3.8) is 0 Å². The highest BCUT2D eigenvalue weighted by molar-refractivity contribution is 5.24. The van der Waals surface area contributed by atoms with Crippen molar-refractivity contribution in [1.82, 2.24) is 15.1 Å². The second-order valence-corrected chi connectivity index (χ2v) is 5.10. The first kappa shape index (κ1) is 11.6. The van der Waals surface area contributed by atoms with Crippen molar-refractivity contribution in [2.24, 2.45) is 13.0 Å². The summed E-state index contributed by atoms with van der Waals surface area (Å²) in [5, 5.41) is 8.06. The Kier molecular flexibility index (Phi) is 3.33. The van der Waals surface area contributed by atoms with Gasteiger partial charge in [-0.15, -0.1) is 0 Å². The van der Waals surface area contributed by atoms with E-state index in [9.17, 15) is 0 Å². The molecule has 90 valence electrons. The second kappa shape index (κ2) is 4.58. The number of rotatable bonds is 5. The standard InChI is InChI=1S/C13H23N3/c1-9(12-5-6-12)14-8-7-13-10(2)15-16(4)11(13)3/h9,12,14H,5-8H2,1-4H3. The molecule has 1 aliphatic rings. The monoisotopic (exact) mass is 221 g/mol. The fraction of sp³-hybridized carbons (Fsp3) is 0.769. The van der Waals surface area contributed by atoms with Crippen LogP contribution in [-0.4, -0.2) is 22.4 Å². The Morgan fingerprint density at radius 2 is 2.12 bits per heavy atom. The molecule has 1 atom stereocenters. The van der Waals surface area contributed by atoms with Crippen LogP contribution in [0.4, 0.5) is 0 Å². The lowest BCUT2D eigenvalue weighted by Gasteiger charge is -2.12. The summed E-state index contributed by atoms with van der Waals surface area (Å²) in [6.45, 7) is 7.64. The maximum Gasteiger partial charge on any atom is 0.0628 e. The van der Waals surface area contributed by atoms with Crippen molar-refractivity contribution in [3.8, 4) is 0 Å². The SMILES string of the molecule is Cc1nn(C)c(C)c1CCNC(C)C1CC1. The van der Waals surface area contributed by atoms with E-state index in [-0.39, 0.29) is 0 Å². The normalized spacial score (nSPS) is 17.8. The molecule has 2 rings (SSSR count). The number of hydrogen-bond acceptors (Lipinski definition) is 2. The van der Waals surface area contributed by atoms with Gasteiger partial charge < -0.3 is 5.32 Å². The molecule has 1 aromatic rings. The molecule has 0 bridgehead atoms. The van der Waals surface area contributed by atoms with Gasteiger partial charge in [-0.25, -0.2) is 0 Å². The van der Waals surface area contributed by atoms with E-state index >= 15 is 0 Å². The Bertz CT molecular complexity index is 363. The van der Waals surface area contributed by atoms with Crippen LogP contribution in [0.15, 0.2) is 0 Å². The van der Waals surface area contributed by atoms with Crippen LogP contribution in [0.5, 0.6) is 0 Å². The third-order valence-corrected chi connectivity index (χ3v) is 3.83. The summed E-state index contributed by atoms with van der Waals surface area (Å²) in [4.78, 5) is 0. The first-order chi connectivity index (χ1) is 7.59. The summed E-state index contributed by atoms with van der Waals surface area (Å²) in [6, 6.07) is 0.692. The van der Waals surface area contributed by atoms with Gasteiger partial charge in [0, 0.05) is 18.8 Å². The molecule has 1 aromatic heterocycles. The number of nitrogens with one attached hydrogen (secondary N) is 1. The lowest BCUT2D eigenvalue weighted by molar-refractivity contribution is 0.499.